The number of rotatable bonds is 6. The van der Waals surface area contributed by atoms with Crippen molar-refractivity contribution in [3.8, 4) is 11.5 Å². The molecule has 0 radical (unpaired) electrons. The zero-order chi connectivity index (χ0) is 17.8. The van der Waals surface area contributed by atoms with E-state index in [9.17, 15) is 13.2 Å². The summed E-state index contributed by atoms with van der Waals surface area (Å²) in [5.74, 6) is -0.775. The summed E-state index contributed by atoms with van der Waals surface area (Å²) in [5.41, 5.74) is 0.831. The van der Waals surface area contributed by atoms with E-state index in [2.05, 4.69) is 25.5 Å². The molecule has 1 atom stereocenters. The van der Waals surface area contributed by atoms with Gasteiger partial charge in [-0.2, -0.15) is 8.78 Å². The molecule has 1 unspecified atom stereocenters. The molecule has 1 N–H and O–H groups in total. The highest BCUT2D eigenvalue weighted by molar-refractivity contribution is 6.31. The number of nitrogens with zero attached hydrogens (tertiary/aromatic N) is 4. The molecule has 1 aromatic carbocycles. The molecule has 3 rings (SSSR count). The van der Waals surface area contributed by atoms with E-state index in [0.717, 1.165) is 0 Å². The molecule has 0 aliphatic carbocycles. The van der Waals surface area contributed by atoms with Crippen LogP contribution in [0.25, 0.3) is 11.5 Å². The maximum absolute atomic E-state index is 13.4. The van der Waals surface area contributed by atoms with Crippen molar-refractivity contribution in [1.82, 2.24) is 20.2 Å². The summed E-state index contributed by atoms with van der Waals surface area (Å²) in [4.78, 5) is 8.01. The lowest BCUT2D eigenvalue weighted by Crippen LogP contribution is -2.15. The van der Waals surface area contributed by atoms with Crippen LogP contribution in [-0.4, -0.2) is 26.8 Å². The Hall–Kier alpha value is -2.68. The summed E-state index contributed by atoms with van der Waals surface area (Å²) in [6.45, 7) is -0.726. The summed E-state index contributed by atoms with van der Waals surface area (Å²) in [6, 6.07) is 6.10. The second kappa shape index (κ2) is 7.47. The van der Waals surface area contributed by atoms with Crippen molar-refractivity contribution in [2.45, 2.75) is 12.5 Å². The fourth-order valence-corrected chi connectivity index (χ4v) is 2.33. The Morgan fingerprint density at radius 2 is 1.84 bits per heavy atom. The van der Waals surface area contributed by atoms with Gasteiger partial charge in [0.1, 0.15) is 6.67 Å². The van der Waals surface area contributed by atoms with Crippen molar-refractivity contribution in [2.24, 2.45) is 0 Å². The smallest absolute Gasteiger partial charge is 0.314 e. The first-order valence-electron chi connectivity index (χ1n) is 7.09. The largest absolute Gasteiger partial charge is 0.415 e. The molecule has 0 bridgehead atoms. The van der Waals surface area contributed by atoms with E-state index in [1.165, 1.54) is 12.4 Å². The Morgan fingerprint density at radius 3 is 2.44 bits per heavy atom. The lowest BCUT2D eigenvalue weighted by Gasteiger charge is -2.16. The van der Waals surface area contributed by atoms with Gasteiger partial charge in [0.05, 0.1) is 11.6 Å². The van der Waals surface area contributed by atoms with Crippen molar-refractivity contribution >= 4 is 17.5 Å². The number of alkyl halides is 3. The van der Waals surface area contributed by atoms with Crippen LogP contribution in [0.3, 0.4) is 0 Å². The molecule has 0 saturated heterocycles. The van der Waals surface area contributed by atoms with Gasteiger partial charge in [0.15, 0.2) is 0 Å². The summed E-state index contributed by atoms with van der Waals surface area (Å²) in [5, 5.41) is 9.96. The molecular formula is C15H11ClF3N5O. The van der Waals surface area contributed by atoms with Crippen LogP contribution in [0.15, 0.2) is 41.1 Å². The van der Waals surface area contributed by atoms with Crippen LogP contribution in [0.1, 0.15) is 23.9 Å². The Balaban J connectivity index is 1.76. The SMILES string of the molecule is FCC(Nc1ncc(-c2nnc(C(F)F)o2)cn1)c1ccccc1Cl. The van der Waals surface area contributed by atoms with Crippen molar-refractivity contribution in [3.63, 3.8) is 0 Å². The minimum absolute atomic E-state index is 0.130. The first-order valence-corrected chi connectivity index (χ1v) is 7.47. The van der Waals surface area contributed by atoms with E-state index in [0.29, 0.717) is 10.6 Å². The zero-order valence-corrected chi connectivity index (χ0v) is 13.3. The molecule has 0 spiro atoms. The van der Waals surface area contributed by atoms with Gasteiger partial charge in [0.2, 0.25) is 5.95 Å². The summed E-state index contributed by atoms with van der Waals surface area (Å²) < 4.78 is 43.1. The lowest BCUT2D eigenvalue weighted by molar-refractivity contribution is 0.116. The third-order valence-corrected chi connectivity index (χ3v) is 3.61. The van der Waals surface area contributed by atoms with Crippen LogP contribution in [0.4, 0.5) is 19.1 Å². The molecule has 2 heterocycles. The van der Waals surface area contributed by atoms with Gasteiger partial charge in [-0.1, -0.05) is 29.8 Å². The predicted molar refractivity (Wildman–Crippen MR) is 84.1 cm³/mol. The number of hydrogen-bond donors (Lipinski definition) is 1. The van der Waals surface area contributed by atoms with Gasteiger partial charge in [-0.25, -0.2) is 14.4 Å². The molecule has 0 saturated carbocycles. The van der Waals surface area contributed by atoms with Crippen LogP contribution in [-0.2, 0) is 0 Å². The number of benzene rings is 1. The van der Waals surface area contributed by atoms with Gasteiger partial charge < -0.3 is 9.73 Å². The van der Waals surface area contributed by atoms with E-state index in [-0.39, 0.29) is 17.4 Å². The number of hydrogen-bond acceptors (Lipinski definition) is 6. The molecule has 25 heavy (non-hydrogen) atoms. The van der Waals surface area contributed by atoms with E-state index >= 15 is 0 Å². The van der Waals surface area contributed by atoms with Gasteiger partial charge in [-0.05, 0) is 11.6 Å². The second-order valence-electron chi connectivity index (χ2n) is 4.91. The van der Waals surface area contributed by atoms with Gasteiger partial charge in [-0.3, -0.25) is 0 Å². The molecule has 130 valence electrons. The molecule has 0 amide bonds. The lowest BCUT2D eigenvalue weighted by atomic mass is 10.1. The van der Waals surface area contributed by atoms with Gasteiger partial charge in [0.25, 0.3) is 11.8 Å². The standard InChI is InChI=1S/C15H11ClF3N5O/c16-10-4-2-1-3-9(10)11(5-17)22-15-20-6-8(7-21-15)13-23-24-14(25-13)12(18)19/h1-4,6-7,11-12H,5H2,(H,20,21,22). The van der Waals surface area contributed by atoms with E-state index in [1.807, 2.05) is 0 Å². The molecular weight excluding hydrogens is 359 g/mol. The molecule has 0 fully saturated rings. The Labute approximate surface area is 145 Å². The van der Waals surface area contributed by atoms with E-state index in [4.69, 9.17) is 16.0 Å². The predicted octanol–water partition coefficient (Wildman–Crippen LogP) is 4.24. The maximum atomic E-state index is 13.4. The van der Waals surface area contributed by atoms with Crippen LogP contribution in [0, 0.1) is 0 Å². The minimum atomic E-state index is -2.86. The van der Waals surface area contributed by atoms with E-state index in [1.54, 1.807) is 24.3 Å². The monoisotopic (exact) mass is 369 g/mol. The Bertz CT molecular complexity index is 843. The van der Waals surface area contributed by atoms with Crippen molar-refractivity contribution in [1.29, 1.82) is 0 Å². The summed E-state index contributed by atoms with van der Waals surface area (Å²) in [7, 11) is 0. The zero-order valence-electron chi connectivity index (χ0n) is 12.5. The minimum Gasteiger partial charge on any atom is -0.415 e. The van der Waals surface area contributed by atoms with Crippen LogP contribution in [0.2, 0.25) is 5.02 Å². The second-order valence-corrected chi connectivity index (χ2v) is 5.32. The van der Waals surface area contributed by atoms with Crippen molar-refractivity contribution in [2.75, 3.05) is 12.0 Å². The third kappa shape index (κ3) is 3.87. The maximum Gasteiger partial charge on any atom is 0.314 e. The third-order valence-electron chi connectivity index (χ3n) is 3.26. The van der Waals surface area contributed by atoms with Crippen molar-refractivity contribution in [3.05, 3.63) is 53.1 Å². The molecule has 0 aliphatic heterocycles. The highest BCUT2D eigenvalue weighted by Crippen LogP contribution is 2.26. The van der Waals surface area contributed by atoms with Gasteiger partial charge in [0, 0.05) is 17.4 Å². The highest BCUT2D eigenvalue weighted by atomic mass is 35.5. The van der Waals surface area contributed by atoms with Crippen molar-refractivity contribution < 1.29 is 17.6 Å². The highest BCUT2D eigenvalue weighted by Gasteiger charge is 2.18. The van der Waals surface area contributed by atoms with Gasteiger partial charge in [-0.15, -0.1) is 10.2 Å². The number of aromatic nitrogens is 4. The molecule has 10 heteroatoms. The summed E-state index contributed by atoms with van der Waals surface area (Å²) >= 11 is 6.06. The Morgan fingerprint density at radius 1 is 1.12 bits per heavy atom. The fraction of sp³-hybridized carbons (Fsp3) is 0.200. The van der Waals surface area contributed by atoms with Crippen LogP contribution < -0.4 is 5.32 Å². The first-order chi connectivity index (χ1) is 12.1. The molecule has 2 aromatic heterocycles. The van der Waals surface area contributed by atoms with Crippen LogP contribution >= 0.6 is 11.6 Å². The first kappa shape index (κ1) is 17.2. The average molecular weight is 370 g/mol. The topological polar surface area (TPSA) is 76.7 Å². The van der Waals surface area contributed by atoms with Crippen LogP contribution in [0.5, 0.6) is 0 Å². The quantitative estimate of drug-likeness (QED) is 0.700. The van der Waals surface area contributed by atoms with Gasteiger partial charge >= 0.3 is 6.43 Å². The molecule has 0 aliphatic rings. The fourth-order valence-electron chi connectivity index (χ4n) is 2.07. The summed E-state index contributed by atoms with van der Waals surface area (Å²) in [6.07, 6.45) is -0.246. The molecule has 3 aromatic rings. The Kier molecular flexibility index (Phi) is 5.13. The normalized spacial score (nSPS) is 12.4. The molecule has 6 nitrogen and oxygen atoms in total. The number of anilines is 1. The van der Waals surface area contributed by atoms with E-state index < -0.39 is 25.0 Å². The number of nitrogens with one attached hydrogen (secondary N) is 1. The average Bonchev–Trinajstić information content (AvgIpc) is 3.11. The number of halogens is 4.